The van der Waals surface area contributed by atoms with Crippen LogP contribution in [0.1, 0.15) is 0 Å². The first-order valence-corrected chi connectivity index (χ1v) is 2.64. The van der Waals surface area contributed by atoms with Gasteiger partial charge in [0.1, 0.15) is 0 Å². The summed E-state index contributed by atoms with van der Waals surface area (Å²) < 4.78 is 0. The summed E-state index contributed by atoms with van der Waals surface area (Å²) in [6.07, 6.45) is 0. The van der Waals surface area contributed by atoms with Crippen LogP contribution in [0.3, 0.4) is 0 Å². The van der Waals surface area contributed by atoms with E-state index in [2.05, 4.69) is 0 Å². The molecule has 0 bridgehead atoms. The van der Waals surface area contributed by atoms with Crippen molar-refractivity contribution in [3.63, 3.8) is 0 Å². The summed E-state index contributed by atoms with van der Waals surface area (Å²) in [4.78, 5) is 9.44. The molecule has 0 amide bonds. The molecule has 0 unspecified atom stereocenters. The van der Waals surface area contributed by atoms with E-state index in [1.165, 1.54) is 24.3 Å². The van der Waals surface area contributed by atoms with E-state index in [0.717, 1.165) is 0 Å². The number of hydrogen-bond acceptors (Lipinski definition) is 3. The van der Waals surface area contributed by atoms with Crippen LogP contribution in [0.5, 0.6) is 5.75 Å². The fourth-order valence-electron chi connectivity index (χ4n) is 0.619. The predicted octanol–water partition coefficient (Wildman–Crippen LogP) is 0.920. The van der Waals surface area contributed by atoms with E-state index in [1.54, 1.807) is 0 Å². The zero-order valence-corrected chi connectivity index (χ0v) is 9.41. The first kappa shape index (κ1) is 10.3. The van der Waals surface area contributed by atoms with Crippen LogP contribution in [0.4, 0.5) is 5.69 Å². The molecule has 0 aliphatic heterocycles. The molecule has 1 aromatic rings. The van der Waals surface area contributed by atoms with E-state index in [-0.39, 0.29) is 38.7 Å². The summed E-state index contributed by atoms with van der Waals surface area (Å²) >= 11 is 0. The van der Waals surface area contributed by atoms with Gasteiger partial charge in [-0.1, -0.05) is 12.1 Å². The fourth-order valence-corrected chi connectivity index (χ4v) is 0.619. The number of nitro benzene ring substituents is 1. The number of aromatic hydroxyl groups is 1. The zero-order valence-electron chi connectivity index (χ0n) is 5.52. The molecular formula is C6H5NO3Pb. The number of benzene rings is 1. The first-order chi connectivity index (χ1) is 4.72. The third kappa shape index (κ3) is 2.45. The number of hydrogen-bond donors (Lipinski definition) is 1. The average molecular weight is 346 g/mol. The van der Waals surface area contributed by atoms with Crippen LogP contribution in [-0.4, -0.2) is 37.3 Å². The summed E-state index contributed by atoms with van der Waals surface area (Å²) in [6.45, 7) is 0. The average Bonchev–Trinajstić information content (AvgIpc) is 1.88. The van der Waals surface area contributed by atoms with Gasteiger partial charge >= 0.3 is 5.69 Å². The van der Waals surface area contributed by atoms with Crippen molar-refractivity contribution in [3.8, 4) is 5.75 Å². The number of nitrogens with zero attached hydrogens (tertiary/aromatic N) is 1. The molecule has 1 N–H and O–H groups in total. The Morgan fingerprint density at radius 2 is 1.91 bits per heavy atom. The topological polar surface area (TPSA) is 63.4 Å². The van der Waals surface area contributed by atoms with Crippen molar-refractivity contribution in [2.75, 3.05) is 0 Å². The Bertz CT molecular complexity index is 264. The van der Waals surface area contributed by atoms with Crippen molar-refractivity contribution in [1.29, 1.82) is 0 Å². The van der Waals surface area contributed by atoms with E-state index in [0.29, 0.717) is 0 Å². The number of phenolic OH excluding ortho intramolecular Hbond substituents is 1. The molecule has 0 saturated heterocycles. The molecule has 4 radical (unpaired) electrons. The van der Waals surface area contributed by atoms with Gasteiger partial charge in [0.15, 0.2) is 5.75 Å². The quantitative estimate of drug-likeness (QED) is 0.467. The Morgan fingerprint density at radius 1 is 1.36 bits per heavy atom. The van der Waals surface area contributed by atoms with Crippen molar-refractivity contribution >= 4 is 33.0 Å². The van der Waals surface area contributed by atoms with Gasteiger partial charge in [-0.15, -0.1) is 0 Å². The van der Waals surface area contributed by atoms with Gasteiger partial charge in [-0.3, -0.25) is 10.1 Å². The second kappa shape index (κ2) is 4.27. The molecule has 0 fully saturated rings. The number of rotatable bonds is 1. The summed E-state index contributed by atoms with van der Waals surface area (Å²) in [5.74, 6) is -0.299. The van der Waals surface area contributed by atoms with Crippen LogP contribution >= 0.6 is 0 Å². The van der Waals surface area contributed by atoms with E-state index in [1.807, 2.05) is 0 Å². The Hall–Kier alpha value is -0.658. The van der Waals surface area contributed by atoms with Gasteiger partial charge in [-0.25, -0.2) is 0 Å². The van der Waals surface area contributed by atoms with Gasteiger partial charge < -0.3 is 5.11 Å². The largest absolute Gasteiger partial charge is 0.502 e. The maximum absolute atomic E-state index is 10.1. The van der Waals surface area contributed by atoms with Gasteiger partial charge in [-0.05, 0) is 6.07 Å². The predicted molar refractivity (Wildman–Crippen MR) is 40.5 cm³/mol. The van der Waals surface area contributed by atoms with E-state index in [4.69, 9.17) is 5.11 Å². The van der Waals surface area contributed by atoms with Crippen molar-refractivity contribution < 1.29 is 10.0 Å². The SMILES string of the molecule is O=[N+]([O-])c1ccccc1O.[Pb]. The van der Waals surface area contributed by atoms with Crippen LogP contribution in [0.25, 0.3) is 0 Å². The molecule has 0 spiro atoms. The second-order valence-corrected chi connectivity index (χ2v) is 1.75. The van der Waals surface area contributed by atoms with Gasteiger partial charge in [0, 0.05) is 33.4 Å². The summed E-state index contributed by atoms with van der Waals surface area (Å²) in [5.41, 5.74) is -0.262. The summed E-state index contributed by atoms with van der Waals surface area (Å²) in [7, 11) is 0. The van der Waals surface area contributed by atoms with Crippen LogP contribution in [0.2, 0.25) is 0 Å². The van der Waals surface area contributed by atoms with Gasteiger partial charge in [0.25, 0.3) is 0 Å². The third-order valence-electron chi connectivity index (χ3n) is 1.08. The Balaban J connectivity index is 0.000001000. The smallest absolute Gasteiger partial charge is 0.310 e. The molecular weight excluding hydrogens is 341 g/mol. The van der Waals surface area contributed by atoms with Gasteiger partial charge in [0.2, 0.25) is 0 Å². The van der Waals surface area contributed by atoms with Crippen molar-refractivity contribution in [3.05, 3.63) is 34.4 Å². The van der Waals surface area contributed by atoms with Crippen molar-refractivity contribution in [2.45, 2.75) is 0 Å². The normalized spacial score (nSPS) is 8.36. The molecule has 11 heavy (non-hydrogen) atoms. The van der Waals surface area contributed by atoms with Crippen LogP contribution in [0.15, 0.2) is 24.3 Å². The molecule has 0 aliphatic rings. The molecule has 4 nitrogen and oxygen atoms in total. The second-order valence-electron chi connectivity index (χ2n) is 1.75. The number of nitro groups is 1. The number of phenols is 1. The van der Waals surface area contributed by atoms with Crippen LogP contribution in [0, 0.1) is 10.1 Å². The van der Waals surface area contributed by atoms with Crippen molar-refractivity contribution in [2.24, 2.45) is 0 Å². The minimum Gasteiger partial charge on any atom is -0.502 e. The van der Waals surface area contributed by atoms with E-state index in [9.17, 15) is 10.1 Å². The zero-order chi connectivity index (χ0) is 7.56. The fraction of sp³-hybridized carbons (Fsp3) is 0. The molecule has 0 heterocycles. The summed E-state index contributed by atoms with van der Waals surface area (Å²) in [6, 6.07) is 5.55. The maximum atomic E-state index is 10.1. The van der Waals surface area contributed by atoms with Gasteiger partial charge in [0.05, 0.1) is 4.92 Å². The molecule has 5 heteroatoms. The van der Waals surface area contributed by atoms with Gasteiger partial charge in [-0.2, -0.15) is 0 Å². The molecule has 0 aliphatic carbocycles. The first-order valence-electron chi connectivity index (χ1n) is 2.64. The molecule has 0 saturated carbocycles. The van der Waals surface area contributed by atoms with E-state index < -0.39 is 4.92 Å². The minimum absolute atomic E-state index is 0. The van der Waals surface area contributed by atoms with Crippen molar-refractivity contribution in [1.82, 2.24) is 0 Å². The molecule has 1 aromatic carbocycles. The van der Waals surface area contributed by atoms with Crippen LogP contribution in [-0.2, 0) is 0 Å². The standard InChI is InChI=1S/C6H5NO3.Pb/c8-6-4-2-1-3-5(6)7(9)10;/h1-4,8H;. The van der Waals surface area contributed by atoms with Crippen LogP contribution < -0.4 is 0 Å². The molecule has 56 valence electrons. The Morgan fingerprint density at radius 3 is 2.27 bits per heavy atom. The Kier molecular flexibility index (Phi) is 4.01. The minimum atomic E-state index is -0.630. The monoisotopic (exact) mass is 347 g/mol. The van der Waals surface area contributed by atoms with E-state index >= 15 is 0 Å². The third-order valence-corrected chi connectivity index (χ3v) is 1.08. The molecule has 0 atom stereocenters. The summed E-state index contributed by atoms with van der Waals surface area (Å²) in [5, 5.41) is 18.9. The Labute approximate surface area is 83.2 Å². The molecule has 0 aromatic heterocycles. The maximum Gasteiger partial charge on any atom is 0.310 e. The number of para-hydroxylation sites is 2. The molecule has 1 rings (SSSR count).